The minimum atomic E-state index is -0.483. The fourth-order valence-electron chi connectivity index (χ4n) is 4.50. The van der Waals surface area contributed by atoms with E-state index < -0.39 is 5.60 Å². The number of nitrogens with one attached hydrogen (secondary N) is 3. The molecule has 1 saturated carbocycles. The van der Waals surface area contributed by atoms with Crippen LogP contribution >= 0.6 is 11.6 Å². The Labute approximate surface area is 230 Å². The highest BCUT2D eigenvalue weighted by Crippen LogP contribution is 2.29. The molecule has 9 heteroatoms. The fourth-order valence-corrected chi connectivity index (χ4v) is 4.72. The third kappa shape index (κ3) is 8.93. The van der Waals surface area contributed by atoms with E-state index in [1.165, 1.54) is 0 Å². The fraction of sp³-hybridized carbons (Fsp3) is 0.483. The maximum absolute atomic E-state index is 12.8. The van der Waals surface area contributed by atoms with Crippen molar-refractivity contribution in [3.05, 3.63) is 58.6 Å². The number of esters is 1. The summed E-state index contributed by atoms with van der Waals surface area (Å²) in [4.78, 5) is 26.7. The second-order valence-electron chi connectivity index (χ2n) is 10.6. The normalized spacial score (nSPS) is 17.3. The maximum atomic E-state index is 12.8. The molecular formula is C29H38ClN5O3. The molecule has 1 aliphatic carbocycles. The monoisotopic (exact) mass is 539 g/mol. The summed E-state index contributed by atoms with van der Waals surface area (Å²) in [6.07, 6.45) is 3.73. The summed E-state index contributed by atoms with van der Waals surface area (Å²) in [6.45, 7) is 6.95. The van der Waals surface area contributed by atoms with E-state index in [1.807, 2.05) is 64.2 Å². The molecule has 38 heavy (non-hydrogen) atoms. The zero-order valence-corrected chi connectivity index (χ0v) is 23.4. The van der Waals surface area contributed by atoms with Crippen LogP contribution in [0.3, 0.4) is 0 Å². The van der Waals surface area contributed by atoms with Gasteiger partial charge >= 0.3 is 5.97 Å². The van der Waals surface area contributed by atoms with Crippen LogP contribution in [-0.4, -0.2) is 56.2 Å². The van der Waals surface area contributed by atoms with Gasteiger partial charge in [0.25, 0.3) is 5.91 Å². The van der Waals surface area contributed by atoms with Crippen LogP contribution in [0.25, 0.3) is 0 Å². The van der Waals surface area contributed by atoms with Crippen LogP contribution < -0.4 is 20.9 Å². The van der Waals surface area contributed by atoms with Crippen molar-refractivity contribution in [1.82, 2.24) is 10.6 Å². The third-order valence-electron chi connectivity index (χ3n) is 6.53. The molecule has 8 nitrogen and oxygen atoms in total. The van der Waals surface area contributed by atoms with Crippen molar-refractivity contribution in [3.8, 4) is 6.07 Å². The van der Waals surface area contributed by atoms with E-state index in [2.05, 4.69) is 26.9 Å². The number of carbonyl (C=O) groups is 2. The molecule has 0 spiro atoms. The summed E-state index contributed by atoms with van der Waals surface area (Å²) >= 11 is 6.21. The Hall–Kier alpha value is -3.28. The van der Waals surface area contributed by atoms with Crippen molar-refractivity contribution in [2.75, 3.05) is 36.9 Å². The van der Waals surface area contributed by atoms with E-state index in [0.717, 1.165) is 37.1 Å². The highest BCUT2D eigenvalue weighted by molar-refractivity contribution is 6.32. The number of nitriles is 1. The average molecular weight is 540 g/mol. The smallest absolute Gasteiger partial charge is 0.320 e. The molecular weight excluding hydrogens is 502 g/mol. The second kappa shape index (κ2) is 13.5. The molecule has 0 heterocycles. The average Bonchev–Trinajstić information content (AvgIpc) is 2.87. The highest BCUT2D eigenvalue weighted by Gasteiger charge is 2.26. The van der Waals surface area contributed by atoms with E-state index in [1.54, 1.807) is 6.07 Å². The number of halogens is 1. The van der Waals surface area contributed by atoms with Crippen LogP contribution in [0, 0.1) is 11.3 Å². The topological polar surface area (TPSA) is 106 Å². The predicted octanol–water partition coefficient (Wildman–Crippen LogP) is 4.73. The van der Waals surface area contributed by atoms with Gasteiger partial charge < -0.3 is 25.6 Å². The lowest BCUT2D eigenvalue weighted by Crippen LogP contribution is -2.42. The van der Waals surface area contributed by atoms with Crippen molar-refractivity contribution in [2.45, 2.75) is 64.1 Å². The molecule has 0 radical (unpaired) electrons. The van der Waals surface area contributed by atoms with E-state index in [9.17, 15) is 9.59 Å². The molecule has 0 saturated heterocycles. The van der Waals surface area contributed by atoms with Crippen molar-refractivity contribution in [1.29, 1.82) is 5.26 Å². The number of ether oxygens (including phenoxy) is 1. The molecule has 2 aromatic carbocycles. The van der Waals surface area contributed by atoms with Crippen LogP contribution in [0.4, 0.5) is 11.4 Å². The zero-order chi connectivity index (χ0) is 27.7. The van der Waals surface area contributed by atoms with Gasteiger partial charge in [0.1, 0.15) is 11.7 Å². The second-order valence-corrected chi connectivity index (χ2v) is 11.0. The molecule has 1 aliphatic rings. The van der Waals surface area contributed by atoms with Gasteiger partial charge in [-0.1, -0.05) is 11.6 Å². The molecule has 1 fully saturated rings. The molecule has 0 aliphatic heterocycles. The molecule has 3 rings (SSSR count). The number of hydrogen-bond acceptors (Lipinski definition) is 7. The molecule has 0 aromatic heterocycles. The Morgan fingerprint density at radius 3 is 2.37 bits per heavy atom. The lowest BCUT2D eigenvalue weighted by Gasteiger charge is -2.36. The van der Waals surface area contributed by atoms with E-state index >= 15 is 0 Å². The Morgan fingerprint density at radius 2 is 1.76 bits per heavy atom. The molecule has 204 valence electrons. The van der Waals surface area contributed by atoms with Crippen LogP contribution in [0.15, 0.2) is 42.5 Å². The van der Waals surface area contributed by atoms with E-state index in [4.69, 9.17) is 21.6 Å². The summed E-state index contributed by atoms with van der Waals surface area (Å²) in [7, 11) is 2.05. The third-order valence-corrected chi connectivity index (χ3v) is 6.84. The molecule has 0 bridgehead atoms. The number of rotatable bonds is 10. The summed E-state index contributed by atoms with van der Waals surface area (Å²) < 4.78 is 5.26. The van der Waals surface area contributed by atoms with Gasteiger partial charge in [-0.3, -0.25) is 9.59 Å². The lowest BCUT2D eigenvalue weighted by atomic mass is 9.90. The van der Waals surface area contributed by atoms with Crippen LogP contribution in [0.2, 0.25) is 5.02 Å². The Bertz CT molecular complexity index is 1130. The number of amides is 1. The molecule has 2 aromatic rings. The van der Waals surface area contributed by atoms with E-state index in [-0.39, 0.29) is 24.5 Å². The minimum Gasteiger partial charge on any atom is -0.459 e. The number of carbonyl (C=O) groups excluding carboxylic acids is 2. The number of benzene rings is 2. The first-order valence-electron chi connectivity index (χ1n) is 13.1. The summed E-state index contributed by atoms with van der Waals surface area (Å²) in [6, 6.07) is 15.5. The van der Waals surface area contributed by atoms with Gasteiger partial charge in [0.15, 0.2) is 0 Å². The molecule has 0 atom stereocenters. The first-order chi connectivity index (χ1) is 18.1. The van der Waals surface area contributed by atoms with Gasteiger partial charge in [-0.2, -0.15) is 5.26 Å². The van der Waals surface area contributed by atoms with Gasteiger partial charge in [0.05, 0.1) is 17.1 Å². The molecule has 0 unspecified atom stereocenters. The standard InChI is InChI=1S/C29H38ClN5O3/c1-29(2,3)38-27(36)19-32-15-16-33-22-8-5-20(6-9-22)28(37)34-23-10-13-24(14-11-23)35(4)25-12-7-21(18-31)26(30)17-25/h5-9,12,17,23-24,32-33H,10-11,13-16,19H2,1-4H3,(H,34,37)/t23-,24-. The first kappa shape index (κ1) is 29.3. The number of hydrogen-bond donors (Lipinski definition) is 3. The van der Waals surface area contributed by atoms with Crippen molar-refractivity contribution in [3.63, 3.8) is 0 Å². The maximum Gasteiger partial charge on any atom is 0.320 e. The summed E-state index contributed by atoms with van der Waals surface area (Å²) in [5, 5.41) is 19.1. The zero-order valence-electron chi connectivity index (χ0n) is 22.6. The first-order valence-corrected chi connectivity index (χ1v) is 13.4. The predicted molar refractivity (Wildman–Crippen MR) is 152 cm³/mol. The Morgan fingerprint density at radius 1 is 1.08 bits per heavy atom. The van der Waals surface area contributed by atoms with Crippen LogP contribution in [-0.2, 0) is 9.53 Å². The SMILES string of the molecule is CN(c1ccc(C#N)c(Cl)c1)[C@H]1CC[C@H](NC(=O)c2ccc(NCCNCC(=O)OC(C)(C)C)cc2)CC1. The van der Waals surface area contributed by atoms with Gasteiger partial charge in [0.2, 0.25) is 0 Å². The summed E-state index contributed by atoms with van der Waals surface area (Å²) in [5.74, 6) is -0.337. The highest BCUT2D eigenvalue weighted by atomic mass is 35.5. The van der Waals surface area contributed by atoms with Crippen molar-refractivity contribution in [2.24, 2.45) is 0 Å². The van der Waals surface area contributed by atoms with Gasteiger partial charge in [-0.15, -0.1) is 0 Å². The van der Waals surface area contributed by atoms with Crippen LogP contribution in [0.5, 0.6) is 0 Å². The Balaban J connectivity index is 1.37. The Kier molecular flexibility index (Phi) is 10.4. The van der Waals surface area contributed by atoms with Crippen LogP contribution in [0.1, 0.15) is 62.4 Å². The van der Waals surface area contributed by atoms with Gasteiger partial charge in [-0.25, -0.2) is 0 Å². The largest absolute Gasteiger partial charge is 0.459 e. The molecule has 1 amide bonds. The quantitative estimate of drug-likeness (QED) is 0.296. The van der Waals surface area contributed by atoms with Gasteiger partial charge in [-0.05, 0) is 88.9 Å². The van der Waals surface area contributed by atoms with E-state index in [0.29, 0.717) is 35.3 Å². The van der Waals surface area contributed by atoms with Crippen molar-refractivity contribution >= 4 is 34.9 Å². The summed E-state index contributed by atoms with van der Waals surface area (Å²) in [5.41, 5.74) is 2.53. The number of anilines is 2. The molecule has 3 N–H and O–H groups in total. The van der Waals surface area contributed by atoms with Gasteiger partial charge in [0, 0.05) is 49.2 Å². The van der Waals surface area contributed by atoms with Crippen molar-refractivity contribution < 1.29 is 14.3 Å². The minimum absolute atomic E-state index is 0.0637. The lowest BCUT2D eigenvalue weighted by molar-refractivity contribution is -0.153. The number of nitrogens with zero attached hydrogens (tertiary/aromatic N) is 2.